The van der Waals surface area contributed by atoms with Gasteiger partial charge in [0.2, 0.25) is 0 Å². The van der Waals surface area contributed by atoms with Gasteiger partial charge in [-0.3, -0.25) is 9.10 Å². The molecule has 0 saturated heterocycles. The van der Waals surface area contributed by atoms with Crippen molar-refractivity contribution in [3.8, 4) is 11.5 Å². The summed E-state index contributed by atoms with van der Waals surface area (Å²) in [5.41, 5.74) is 0.951. The maximum atomic E-state index is 13.3. The zero-order chi connectivity index (χ0) is 22.7. The summed E-state index contributed by atoms with van der Waals surface area (Å²) in [4.78, 5) is 12.3. The van der Waals surface area contributed by atoms with Crippen LogP contribution in [-0.2, 0) is 14.8 Å². The van der Waals surface area contributed by atoms with Crippen molar-refractivity contribution in [2.75, 3.05) is 22.8 Å². The fourth-order valence-corrected chi connectivity index (χ4v) is 5.06. The van der Waals surface area contributed by atoms with Crippen LogP contribution in [0, 0.1) is 0 Å². The second-order valence-electron chi connectivity index (χ2n) is 7.22. The first-order valence-electron chi connectivity index (χ1n) is 9.90. The molecule has 0 radical (unpaired) electrons. The molecular formula is C23H21ClN2O5S. The number of amides is 1. The summed E-state index contributed by atoms with van der Waals surface area (Å²) in [5, 5.41) is 3.09. The number of benzene rings is 3. The Morgan fingerprint density at radius 1 is 1.09 bits per heavy atom. The van der Waals surface area contributed by atoms with Gasteiger partial charge in [-0.15, -0.1) is 0 Å². The number of para-hydroxylation sites is 3. The number of hydrogen-bond acceptors (Lipinski definition) is 5. The standard InChI is InChI=1S/C23H21ClN2O5S/c1-16-14-26(20-7-3-5-9-22(20)31-16)32(28,29)18-12-10-17(11-13-18)25-23(27)15-30-21-8-4-2-6-19(21)24/h2-13,16H,14-15H2,1H3,(H,25,27)/t16-/m0/s1. The lowest BCUT2D eigenvalue weighted by Crippen LogP contribution is -2.42. The Kier molecular flexibility index (Phi) is 6.25. The summed E-state index contributed by atoms with van der Waals surface area (Å²) in [7, 11) is -3.80. The molecule has 166 valence electrons. The minimum Gasteiger partial charge on any atom is -0.487 e. The molecule has 1 N–H and O–H groups in total. The summed E-state index contributed by atoms with van der Waals surface area (Å²) >= 11 is 6.01. The van der Waals surface area contributed by atoms with Crippen LogP contribution in [0.15, 0.2) is 77.7 Å². The third-order valence-electron chi connectivity index (χ3n) is 4.81. The van der Waals surface area contributed by atoms with Gasteiger partial charge in [-0.25, -0.2) is 8.42 Å². The first-order valence-corrected chi connectivity index (χ1v) is 11.7. The molecule has 0 unspecified atom stereocenters. The van der Waals surface area contributed by atoms with Crippen molar-refractivity contribution in [2.24, 2.45) is 0 Å². The van der Waals surface area contributed by atoms with Gasteiger partial charge in [-0.05, 0) is 55.5 Å². The van der Waals surface area contributed by atoms with E-state index >= 15 is 0 Å². The van der Waals surface area contributed by atoms with E-state index in [9.17, 15) is 13.2 Å². The van der Waals surface area contributed by atoms with E-state index in [4.69, 9.17) is 21.1 Å². The molecule has 0 fully saturated rings. The van der Waals surface area contributed by atoms with Crippen molar-refractivity contribution in [1.82, 2.24) is 0 Å². The van der Waals surface area contributed by atoms with Crippen molar-refractivity contribution in [2.45, 2.75) is 17.9 Å². The van der Waals surface area contributed by atoms with E-state index in [1.54, 1.807) is 48.5 Å². The normalized spacial score (nSPS) is 15.4. The Balaban J connectivity index is 1.45. The number of fused-ring (bicyclic) bond motifs is 1. The number of sulfonamides is 1. The van der Waals surface area contributed by atoms with E-state index < -0.39 is 15.9 Å². The number of carbonyl (C=O) groups is 1. The van der Waals surface area contributed by atoms with E-state index in [1.165, 1.54) is 28.6 Å². The van der Waals surface area contributed by atoms with Gasteiger partial charge in [-0.1, -0.05) is 35.9 Å². The molecule has 1 amide bonds. The zero-order valence-electron chi connectivity index (χ0n) is 17.2. The highest BCUT2D eigenvalue weighted by molar-refractivity contribution is 7.92. The second-order valence-corrected chi connectivity index (χ2v) is 9.49. The summed E-state index contributed by atoms with van der Waals surface area (Å²) in [6.45, 7) is 1.80. The van der Waals surface area contributed by atoms with Crippen LogP contribution in [0.4, 0.5) is 11.4 Å². The van der Waals surface area contributed by atoms with E-state index in [1.807, 2.05) is 6.92 Å². The molecule has 0 bridgehead atoms. The lowest BCUT2D eigenvalue weighted by molar-refractivity contribution is -0.118. The Hall–Kier alpha value is -3.23. The molecule has 1 aliphatic heterocycles. The van der Waals surface area contributed by atoms with E-state index in [0.29, 0.717) is 27.9 Å². The van der Waals surface area contributed by atoms with Gasteiger partial charge in [0, 0.05) is 5.69 Å². The van der Waals surface area contributed by atoms with Crippen molar-refractivity contribution in [3.05, 3.63) is 77.8 Å². The molecule has 3 aromatic rings. The van der Waals surface area contributed by atoms with E-state index in [2.05, 4.69) is 5.32 Å². The number of nitrogens with zero attached hydrogens (tertiary/aromatic N) is 1. The Morgan fingerprint density at radius 2 is 1.78 bits per heavy atom. The van der Waals surface area contributed by atoms with E-state index in [-0.39, 0.29) is 24.2 Å². The SMILES string of the molecule is C[C@H]1CN(S(=O)(=O)c2ccc(NC(=O)COc3ccccc3Cl)cc2)c2ccccc2O1. The number of anilines is 2. The van der Waals surface area contributed by atoms with Crippen molar-refractivity contribution in [1.29, 1.82) is 0 Å². The predicted octanol–water partition coefficient (Wildman–Crippen LogP) is 4.33. The van der Waals surface area contributed by atoms with E-state index in [0.717, 1.165) is 0 Å². The van der Waals surface area contributed by atoms with Crippen LogP contribution in [0.5, 0.6) is 11.5 Å². The highest BCUT2D eigenvalue weighted by Gasteiger charge is 2.32. The largest absolute Gasteiger partial charge is 0.487 e. The quantitative estimate of drug-likeness (QED) is 0.577. The molecule has 3 aromatic carbocycles. The molecule has 0 spiro atoms. The molecule has 32 heavy (non-hydrogen) atoms. The monoisotopic (exact) mass is 472 g/mol. The lowest BCUT2D eigenvalue weighted by Gasteiger charge is -2.34. The van der Waals surface area contributed by atoms with Gasteiger partial charge in [-0.2, -0.15) is 0 Å². The maximum Gasteiger partial charge on any atom is 0.264 e. The number of hydrogen-bond donors (Lipinski definition) is 1. The maximum absolute atomic E-state index is 13.3. The number of halogens is 1. The third kappa shape index (κ3) is 4.66. The molecule has 1 atom stereocenters. The summed E-state index contributed by atoms with van der Waals surface area (Å²) in [6, 6.07) is 19.9. The summed E-state index contributed by atoms with van der Waals surface area (Å²) in [5.74, 6) is 0.541. The van der Waals surface area contributed by atoms with Gasteiger partial charge in [0.25, 0.3) is 15.9 Å². The number of ether oxygens (including phenoxy) is 2. The van der Waals surface area contributed by atoms with Crippen molar-refractivity contribution in [3.63, 3.8) is 0 Å². The molecule has 0 saturated carbocycles. The first-order chi connectivity index (χ1) is 15.3. The molecule has 1 heterocycles. The molecule has 0 aromatic heterocycles. The number of rotatable bonds is 6. The number of carbonyl (C=O) groups excluding carboxylic acids is 1. The molecule has 0 aliphatic carbocycles. The van der Waals surface area contributed by atoms with Crippen LogP contribution in [0.25, 0.3) is 0 Å². The van der Waals surface area contributed by atoms with Gasteiger partial charge in [0.05, 0.1) is 22.2 Å². The molecular weight excluding hydrogens is 452 g/mol. The minimum absolute atomic E-state index is 0.117. The van der Waals surface area contributed by atoms with Crippen molar-refractivity contribution >= 4 is 38.9 Å². The van der Waals surface area contributed by atoms with Gasteiger partial charge < -0.3 is 14.8 Å². The van der Waals surface area contributed by atoms with Crippen LogP contribution < -0.4 is 19.1 Å². The Morgan fingerprint density at radius 3 is 2.53 bits per heavy atom. The van der Waals surface area contributed by atoms with Crippen molar-refractivity contribution < 1.29 is 22.7 Å². The summed E-state index contributed by atoms with van der Waals surface area (Å²) in [6.07, 6.45) is -0.281. The zero-order valence-corrected chi connectivity index (χ0v) is 18.8. The van der Waals surface area contributed by atoms with Crippen LogP contribution in [0.1, 0.15) is 6.92 Å². The molecule has 9 heteroatoms. The fourth-order valence-electron chi connectivity index (χ4n) is 3.32. The highest BCUT2D eigenvalue weighted by atomic mass is 35.5. The summed E-state index contributed by atoms with van der Waals surface area (Å²) < 4.78 is 39.0. The van der Waals surface area contributed by atoms with Gasteiger partial charge in [0.15, 0.2) is 6.61 Å². The smallest absolute Gasteiger partial charge is 0.264 e. The topological polar surface area (TPSA) is 84.9 Å². The van der Waals surface area contributed by atoms with Gasteiger partial charge >= 0.3 is 0 Å². The second kappa shape index (κ2) is 9.10. The third-order valence-corrected chi connectivity index (χ3v) is 6.91. The average molecular weight is 473 g/mol. The Labute approximate surface area is 191 Å². The fraction of sp³-hybridized carbons (Fsp3) is 0.174. The minimum atomic E-state index is -3.80. The Bertz CT molecular complexity index is 1230. The number of nitrogens with one attached hydrogen (secondary N) is 1. The predicted molar refractivity (Wildman–Crippen MR) is 123 cm³/mol. The molecule has 4 rings (SSSR count). The average Bonchev–Trinajstić information content (AvgIpc) is 2.78. The van der Waals surface area contributed by atoms with Gasteiger partial charge in [0.1, 0.15) is 17.6 Å². The first kappa shape index (κ1) is 22.0. The molecule has 7 nitrogen and oxygen atoms in total. The van der Waals surface area contributed by atoms with Crippen LogP contribution in [0.3, 0.4) is 0 Å². The van der Waals surface area contributed by atoms with Crippen LogP contribution in [-0.4, -0.2) is 33.6 Å². The highest BCUT2D eigenvalue weighted by Crippen LogP contribution is 2.36. The lowest BCUT2D eigenvalue weighted by atomic mass is 10.2. The molecule has 1 aliphatic rings. The van der Waals surface area contributed by atoms with Crippen LogP contribution >= 0.6 is 11.6 Å². The van der Waals surface area contributed by atoms with Crippen LogP contribution in [0.2, 0.25) is 5.02 Å².